The molecule has 1 aromatic carbocycles. The minimum Gasteiger partial charge on any atom is -0.299 e. The van der Waals surface area contributed by atoms with Crippen LogP contribution >= 0.6 is 15.9 Å². The highest BCUT2D eigenvalue weighted by atomic mass is 79.9. The molecule has 0 aromatic heterocycles. The number of carbonyl (C=O) groups is 1. The minimum absolute atomic E-state index is 0.0507. The third-order valence-corrected chi connectivity index (χ3v) is 7.58. The van der Waals surface area contributed by atoms with Gasteiger partial charge in [0, 0.05) is 36.6 Å². The second kappa shape index (κ2) is 6.75. The average molecular weight is 405 g/mol. The van der Waals surface area contributed by atoms with E-state index in [9.17, 15) is 13.4 Å². The van der Waals surface area contributed by atoms with E-state index in [1.54, 1.807) is 26.0 Å². The third kappa shape index (κ3) is 4.11. The van der Waals surface area contributed by atoms with Crippen LogP contribution in [-0.4, -0.2) is 20.5 Å². The summed E-state index contributed by atoms with van der Waals surface area (Å²) in [6, 6.07) is 4.70. The number of carbonyl (C=O) groups excluding carboxylic acids is 1. The van der Waals surface area contributed by atoms with Crippen LogP contribution in [0.3, 0.4) is 0 Å². The van der Waals surface area contributed by atoms with Crippen molar-refractivity contribution in [1.29, 1.82) is 0 Å². The summed E-state index contributed by atoms with van der Waals surface area (Å²) in [4.78, 5) is 12.3. The van der Waals surface area contributed by atoms with Crippen LogP contribution in [0.2, 0.25) is 0 Å². The maximum absolute atomic E-state index is 14.6. The Morgan fingerprint density at radius 3 is 2.13 bits per heavy atom. The van der Waals surface area contributed by atoms with Gasteiger partial charge in [0.15, 0.2) is 0 Å². The van der Waals surface area contributed by atoms with Crippen LogP contribution in [0.4, 0.5) is 4.39 Å². The summed E-state index contributed by atoms with van der Waals surface area (Å²) in [6.07, 6.45) is 0. The highest BCUT2D eigenvalue weighted by Crippen LogP contribution is 2.45. The molecular formula is C18H26BrFO2S. The maximum atomic E-state index is 14.6. The zero-order valence-electron chi connectivity index (χ0n) is 14.9. The van der Waals surface area contributed by atoms with E-state index in [2.05, 4.69) is 15.9 Å². The van der Waals surface area contributed by atoms with E-state index in [0.29, 0.717) is 5.56 Å². The first-order chi connectivity index (χ1) is 10.2. The number of halogens is 2. The van der Waals surface area contributed by atoms with E-state index in [0.717, 1.165) is 4.47 Å². The van der Waals surface area contributed by atoms with Crippen LogP contribution in [0.1, 0.15) is 54.0 Å². The SMILES string of the molecule is CC(=O)C(C)(C)[C@](C)(C[S@](=O)C(C)(C)C)c1cc(Br)ccc1F. The summed E-state index contributed by atoms with van der Waals surface area (Å²) < 4.78 is 27.7. The van der Waals surface area contributed by atoms with Gasteiger partial charge in [0.05, 0.1) is 0 Å². The van der Waals surface area contributed by atoms with Crippen molar-refractivity contribution in [3.8, 4) is 0 Å². The summed E-state index contributed by atoms with van der Waals surface area (Å²) in [6.45, 7) is 12.6. The average Bonchev–Trinajstić information content (AvgIpc) is 2.39. The highest BCUT2D eigenvalue weighted by molar-refractivity contribution is 9.10. The van der Waals surface area contributed by atoms with Crippen molar-refractivity contribution in [1.82, 2.24) is 0 Å². The van der Waals surface area contributed by atoms with Gasteiger partial charge >= 0.3 is 0 Å². The van der Waals surface area contributed by atoms with Crippen LogP contribution in [0.5, 0.6) is 0 Å². The summed E-state index contributed by atoms with van der Waals surface area (Å²) in [7, 11) is -1.22. The van der Waals surface area contributed by atoms with E-state index in [1.807, 2.05) is 27.7 Å². The Bertz CT molecular complexity index is 634. The van der Waals surface area contributed by atoms with Crippen molar-refractivity contribution >= 4 is 32.5 Å². The van der Waals surface area contributed by atoms with Gasteiger partial charge in [-0.15, -0.1) is 0 Å². The summed E-state index contributed by atoms with van der Waals surface area (Å²) >= 11 is 3.37. The lowest BCUT2D eigenvalue weighted by atomic mass is 9.62. The molecule has 0 saturated heterocycles. The van der Waals surface area contributed by atoms with Gasteiger partial charge in [0.1, 0.15) is 11.6 Å². The van der Waals surface area contributed by atoms with E-state index >= 15 is 0 Å². The van der Waals surface area contributed by atoms with Crippen LogP contribution in [0.25, 0.3) is 0 Å². The minimum atomic E-state index is -1.22. The van der Waals surface area contributed by atoms with Gasteiger partial charge in [0.2, 0.25) is 0 Å². The quantitative estimate of drug-likeness (QED) is 0.690. The van der Waals surface area contributed by atoms with Crippen molar-refractivity contribution in [3.63, 3.8) is 0 Å². The van der Waals surface area contributed by atoms with Crippen molar-refractivity contribution in [2.24, 2.45) is 5.41 Å². The molecule has 0 N–H and O–H groups in total. The molecule has 0 spiro atoms. The summed E-state index contributed by atoms with van der Waals surface area (Å²) in [5.41, 5.74) is -1.31. The van der Waals surface area contributed by atoms with Crippen LogP contribution in [0.15, 0.2) is 22.7 Å². The topological polar surface area (TPSA) is 34.1 Å². The fourth-order valence-corrected chi connectivity index (χ4v) is 4.22. The molecule has 1 aromatic rings. The maximum Gasteiger partial charge on any atom is 0.136 e. The van der Waals surface area contributed by atoms with Crippen LogP contribution in [0, 0.1) is 11.2 Å². The molecular weight excluding hydrogens is 379 g/mol. The molecule has 0 amide bonds. The van der Waals surface area contributed by atoms with Crippen molar-refractivity contribution in [2.45, 2.75) is 58.6 Å². The number of ketones is 1. The molecule has 2 nitrogen and oxygen atoms in total. The molecule has 0 aliphatic heterocycles. The van der Waals surface area contributed by atoms with Gasteiger partial charge in [-0.05, 0) is 51.5 Å². The van der Waals surface area contributed by atoms with Crippen molar-refractivity contribution < 1.29 is 13.4 Å². The zero-order chi connectivity index (χ0) is 18.2. The van der Waals surface area contributed by atoms with Gasteiger partial charge in [-0.25, -0.2) is 4.39 Å². The van der Waals surface area contributed by atoms with Gasteiger partial charge in [-0.2, -0.15) is 0 Å². The number of hydrogen-bond acceptors (Lipinski definition) is 2. The number of benzene rings is 1. The van der Waals surface area contributed by atoms with E-state index in [4.69, 9.17) is 0 Å². The molecule has 0 aliphatic rings. The first-order valence-corrected chi connectivity index (χ1v) is 9.70. The van der Waals surface area contributed by atoms with E-state index < -0.39 is 26.4 Å². The fraction of sp³-hybridized carbons (Fsp3) is 0.611. The lowest BCUT2D eigenvalue weighted by molar-refractivity contribution is -0.127. The molecule has 5 heteroatoms. The molecule has 0 bridgehead atoms. The summed E-state index contributed by atoms with van der Waals surface area (Å²) in [5.74, 6) is -0.211. The highest BCUT2D eigenvalue weighted by Gasteiger charge is 2.49. The van der Waals surface area contributed by atoms with Crippen LogP contribution in [-0.2, 0) is 21.0 Å². The second-order valence-corrected chi connectivity index (χ2v) is 10.9. The Kier molecular flexibility index (Phi) is 6.02. The zero-order valence-corrected chi connectivity index (χ0v) is 17.3. The molecule has 1 rings (SSSR count). The lowest BCUT2D eigenvalue weighted by Crippen LogP contribution is -2.50. The fourth-order valence-electron chi connectivity index (χ4n) is 2.38. The van der Waals surface area contributed by atoms with Gasteiger partial charge in [0.25, 0.3) is 0 Å². The molecule has 0 unspecified atom stereocenters. The normalized spacial score (nSPS) is 16.7. The smallest absolute Gasteiger partial charge is 0.136 e. The molecule has 130 valence electrons. The lowest BCUT2D eigenvalue weighted by Gasteiger charge is -2.44. The Morgan fingerprint density at radius 1 is 1.17 bits per heavy atom. The molecule has 0 heterocycles. The number of rotatable bonds is 5. The Balaban J connectivity index is 3.59. The molecule has 0 saturated carbocycles. The Labute approximate surface area is 149 Å². The Morgan fingerprint density at radius 2 is 1.70 bits per heavy atom. The summed E-state index contributed by atoms with van der Waals surface area (Å²) in [5, 5.41) is 0. The first-order valence-electron chi connectivity index (χ1n) is 7.58. The molecule has 0 radical (unpaired) electrons. The third-order valence-electron chi connectivity index (χ3n) is 4.89. The van der Waals surface area contributed by atoms with Crippen molar-refractivity contribution in [3.05, 3.63) is 34.1 Å². The van der Waals surface area contributed by atoms with E-state index in [1.165, 1.54) is 13.0 Å². The molecule has 0 fully saturated rings. The van der Waals surface area contributed by atoms with Gasteiger partial charge in [-0.1, -0.05) is 36.7 Å². The standard InChI is InChI=1S/C18H26BrFO2S/c1-12(21)17(5,6)18(7,11-23(22)16(2,3)4)14-10-13(19)8-9-15(14)20/h8-10H,11H2,1-7H3/t18-,23+/m1/s1. The Hall–Kier alpha value is -0.550. The number of Topliss-reactive ketones (excluding diaryl/α,β-unsaturated/α-hetero) is 1. The number of hydrogen-bond donors (Lipinski definition) is 0. The van der Waals surface area contributed by atoms with Gasteiger partial charge in [-0.3, -0.25) is 9.00 Å². The predicted molar refractivity (Wildman–Crippen MR) is 98.7 cm³/mol. The van der Waals surface area contributed by atoms with Crippen LogP contribution < -0.4 is 0 Å². The van der Waals surface area contributed by atoms with Gasteiger partial charge < -0.3 is 0 Å². The molecule has 2 atom stereocenters. The monoisotopic (exact) mass is 404 g/mol. The first kappa shape index (κ1) is 20.5. The van der Waals surface area contributed by atoms with E-state index in [-0.39, 0.29) is 17.4 Å². The predicted octanol–water partition coefficient (Wildman–Crippen LogP) is 5.01. The van der Waals surface area contributed by atoms with Crippen molar-refractivity contribution in [2.75, 3.05) is 5.75 Å². The largest absolute Gasteiger partial charge is 0.299 e. The second-order valence-electron chi connectivity index (χ2n) is 7.74. The molecule has 0 aliphatic carbocycles. The molecule has 23 heavy (non-hydrogen) atoms.